The van der Waals surface area contributed by atoms with Crippen molar-refractivity contribution < 1.29 is 9.47 Å². The van der Waals surface area contributed by atoms with E-state index in [1.54, 1.807) is 12.3 Å². The van der Waals surface area contributed by atoms with E-state index in [0.717, 1.165) is 21.2 Å². The predicted octanol–water partition coefficient (Wildman–Crippen LogP) is 6.08. The zero-order valence-corrected chi connectivity index (χ0v) is 19.3. The summed E-state index contributed by atoms with van der Waals surface area (Å²) in [6.45, 7) is 3.18. The number of hydrogen-bond acceptors (Lipinski definition) is 5. The van der Waals surface area contributed by atoms with Crippen molar-refractivity contribution in [1.82, 2.24) is 5.43 Å². The molecule has 7 heteroatoms. The minimum atomic E-state index is 0.259. The molecule has 3 rings (SSSR count). The van der Waals surface area contributed by atoms with E-state index in [1.165, 1.54) is 0 Å². The van der Waals surface area contributed by atoms with Crippen molar-refractivity contribution in [3.63, 3.8) is 0 Å². The summed E-state index contributed by atoms with van der Waals surface area (Å²) in [7, 11) is 0. The monoisotopic (exact) mass is 497 g/mol. The van der Waals surface area contributed by atoms with Crippen molar-refractivity contribution >= 4 is 33.7 Å². The molecule has 0 spiro atoms. The second-order valence-electron chi connectivity index (χ2n) is 6.51. The van der Waals surface area contributed by atoms with Gasteiger partial charge in [-0.1, -0.05) is 48.0 Å². The lowest BCUT2D eigenvalue weighted by molar-refractivity contribution is 0.267. The topological polar surface area (TPSA) is 66.6 Å². The molecule has 0 fully saturated rings. The van der Waals surface area contributed by atoms with Gasteiger partial charge in [-0.25, -0.2) is 0 Å². The van der Waals surface area contributed by atoms with E-state index in [0.29, 0.717) is 35.2 Å². The molecule has 31 heavy (non-hydrogen) atoms. The standard InChI is InChI=1S/C24H21BrClN3O2/c1-2-30-23-12-17(14-28-29-15-19-8-5-6-10-22(19)26)11-21(25)24(23)31-16-20-9-4-3-7-18(20)13-27/h3-12,14,29H,2,15-16H2,1H3/b28-14-. The van der Waals surface area contributed by atoms with Crippen LogP contribution in [-0.2, 0) is 13.2 Å². The number of nitrogens with one attached hydrogen (secondary N) is 1. The summed E-state index contributed by atoms with van der Waals surface area (Å²) in [5.41, 5.74) is 6.22. The largest absolute Gasteiger partial charge is 0.490 e. The van der Waals surface area contributed by atoms with Crippen LogP contribution in [0.15, 0.2) is 70.2 Å². The first-order valence-corrected chi connectivity index (χ1v) is 10.9. The number of rotatable bonds is 9. The van der Waals surface area contributed by atoms with E-state index in [9.17, 15) is 5.26 Å². The highest BCUT2D eigenvalue weighted by atomic mass is 79.9. The van der Waals surface area contributed by atoms with Crippen LogP contribution >= 0.6 is 27.5 Å². The van der Waals surface area contributed by atoms with Crippen LogP contribution in [0.3, 0.4) is 0 Å². The normalized spacial score (nSPS) is 10.6. The summed E-state index contributed by atoms with van der Waals surface area (Å²) in [5, 5.41) is 14.2. The quantitative estimate of drug-likeness (QED) is 0.287. The fourth-order valence-electron chi connectivity index (χ4n) is 2.86. The van der Waals surface area contributed by atoms with Crippen LogP contribution in [0.1, 0.15) is 29.2 Å². The molecule has 5 nitrogen and oxygen atoms in total. The predicted molar refractivity (Wildman–Crippen MR) is 127 cm³/mol. The molecule has 3 aromatic rings. The Hall–Kier alpha value is -3.01. The first-order chi connectivity index (χ1) is 15.1. The molecule has 0 unspecified atom stereocenters. The van der Waals surface area contributed by atoms with Crippen molar-refractivity contribution in [3.8, 4) is 17.6 Å². The number of hydrogen-bond donors (Lipinski definition) is 1. The molecule has 0 atom stereocenters. The summed E-state index contributed by atoms with van der Waals surface area (Å²) >= 11 is 9.72. The van der Waals surface area contributed by atoms with Crippen molar-refractivity contribution in [2.45, 2.75) is 20.1 Å². The van der Waals surface area contributed by atoms with Gasteiger partial charge < -0.3 is 14.9 Å². The molecule has 0 bridgehead atoms. The number of halogens is 2. The second kappa shape index (κ2) is 11.4. The third-order valence-electron chi connectivity index (χ3n) is 4.37. The summed E-state index contributed by atoms with van der Waals surface area (Å²) in [5.74, 6) is 1.18. The number of nitriles is 1. The number of ether oxygens (including phenoxy) is 2. The summed E-state index contributed by atoms with van der Waals surface area (Å²) in [6.07, 6.45) is 1.71. The number of benzene rings is 3. The maximum absolute atomic E-state index is 9.27. The van der Waals surface area contributed by atoms with Crippen molar-refractivity contribution in [2.75, 3.05) is 6.61 Å². The van der Waals surface area contributed by atoms with Crippen LogP contribution in [0.25, 0.3) is 0 Å². The zero-order chi connectivity index (χ0) is 22.1. The van der Waals surface area contributed by atoms with Gasteiger partial charge in [-0.3, -0.25) is 0 Å². The zero-order valence-electron chi connectivity index (χ0n) is 16.9. The molecule has 0 aromatic heterocycles. The lowest BCUT2D eigenvalue weighted by Crippen LogP contribution is -2.06. The molecule has 0 amide bonds. The molecule has 0 aliphatic heterocycles. The third-order valence-corrected chi connectivity index (χ3v) is 5.33. The second-order valence-corrected chi connectivity index (χ2v) is 7.77. The Morgan fingerprint density at radius 2 is 1.84 bits per heavy atom. The van der Waals surface area contributed by atoms with Crippen LogP contribution < -0.4 is 14.9 Å². The lowest BCUT2D eigenvalue weighted by Gasteiger charge is -2.15. The van der Waals surface area contributed by atoms with E-state index in [2.05, 4.69) is 32.5 Å². The highest BCUT2D eigenvalue weighted by Crippen LogP contribution is 2.37. The Labute approximate surface area is 195 Å². The summed E-state index contributed by atoms with van der Waals surface area (Å²) in [6, 6.07) is 20.9. The van der Waals surface area contributed by atoms with Crippen LogP contribution in [0, 0.1) is 11.3 Å². The van der Waals surface area contributed by atoms with Crippen LogP contribution in [-0.4, -0.2) is 12.8 Å². The first kappa shape index (κ1) is 22.7. The fraction of sp³-hybridized carbons (Fsp3) is 0.167. The average Bonchev–Trinajstić information content (AvgIpc) is 2.77. The van der Waals surface area contributed by atoms with Gasteiger partial charge in [0.15, 0.2) is 11.5 Å². The molecule has 1 N–H and O–H groups in total. The van der Waals surface area contributed by atoms with Gasteiger partial charge in [0.25, 0.3) is 0 Å². The van der Waals surface area contributed by atoms with Crippen LogP contribution in [0.5, 0.6) is 11.5 Å². The van der Waals surface area contributed by atoms with Crippen molar-refractivity contribution in [1.29, 1.82) is 5.26 Å². The first-order valence-electron chi connectivity index (χ1n) is 9.68. The third kappa shape index (κ3) is 6.24. The highest BCUT2D eigenvalue weighted by molar-refractivity contribution is 9.10. The SMILES string of the molecule is CCOc1cc(/C=N\NCc2ccccc2Cl)cc(Br)c1OCc1ccccc1C#N. The molecule has 158 valence electrons. The maximum atomic E-state index is 9.27. The van der Waals surface area contributed by atoms with Crippen molar-refractivity contribution in [3.05, 3.63) is 92.4 Å². The van der Waals surface area contributed by atoms with Crippen LogP contribution in [0.2, 0.25) is 5.02 Å². The van der Waals surface area contributed by atoms with Gasteiger partial charge >= 0.3 is 0 Å². The van der Waals surface area contributed by atoms with Gasteiger partial charge in [-0.15, -0.1) is 0 Å². The minimum absolute atomic E-state index is 0.259. The molecule has 0 aliphatic rings. The fourth-order valence-corrected chi connectivity index (χ4v) is 3.64. The molecule has 0 radical (unpaired) electrons. The van der Waals surface area contributed by atoms with E-state index in [1.807, 2.05) is 61.5 Å². The molecule has 0 saturated carbocycles. The van der Waals surface area contributed by atoms with E-state index >= 15 is 0 Å². The van der Waals surface area contributed by atoms with Gasteiger partial charge in [-0.2, -0.15) is 10.4 Å². The summed E-state index contributed by atoms with van der Waals surface area (Å²) < 4.78 is 12.5. The molecule has 3 aromatic carbocycles. The minimum Gasteiger partial charge on any atom is -0.490 e. The Kier molecular flexibility index (Phi) is 8.34. The molecule has 0 saturated heterocycles. The molecule has 0 aliphatic carbocycles. The van der Waals surface area contributed by atoms with Gasteiger partial charge in [0, 0.05) is 10.6 Å². The van der Waals surface area contributed by atoms with Gasteiger partial charge in [-0.05, 0) is 58.2 Å². The number of hydrazone groups is 1. The molecular formula is C24H21BrClN3O2. The Morgan fingerprint density at radius 1 is 1.10 bits per heavy atom. The average molecular weight is 499 g/mol. The number of nitrogens with zero attached hydrogens (tertiary/aromatic N) is 2. The van der Waals surface area contributed by atoms with E-state index in [4.69, 9.17) is 21.1 Å². The Bertz CT molecular complexity index is 1110. The highest BCUT2D eigenvalue weighted by Gasteiger charge is 2.13. The van der Waals surface area contributed by atoms with Gasteiger partial charge in [0.2, 0.25) is 0 Å². The Morgan fingerprint density at radius 3 is 2.58 bits per heavy atom. The molecule has 0 heterocycles. The maximum Gasteiger partial charge on any atom is 0.175 e. The van der Waals surface area contributed by atoms with E-state index < -0.39 is 0 Å². The van der Waals surface area contributed by atoms with Crippen molar-refractivity contribution in [2.24, 2.45) is 5.10 Å². The van der Waals surface area contributed by atoms with E-state index in [-0.39, 0.29) is 6.61 Å². The smallest absolute Gasteiger partial charge is 0.175 e. The summed E-state index contributed by atoms with van der Waals surface area (Å²) in [4.78, 5) is 0. The van der Waals surface area contributed by atoms with Gasteiger partial charge in [0.05, 0.1) is 35.5 Å². The molecular weight excluding hydrogens is 478 g/mol. The Balaban J connectivity index is 1.72. The van der Waals surface area contributed by atoms with Crippen LogP contribution in [0.4, 0.5) is 0 Å². The lowest BCUT2D eigenvalue weighted by atomic mass is 10.1. The van der Waals surface area contributed by atoms with Gasteiger partial charge in [0.1, 0.15) is 6.61 Å².